The summed E-state index contributed by atoms with van der Waals surface area (Å²) in [4.78, 5) is 23.4. The number of nitrogens with zero attached hydrogens (tertiary/aromatic N) is 4. The van der Waals surface area contributed by atoms with Crippen LogP contribution >= 0.6 is 0 Å². The Kier molecular flexibility index (Phi) is 5.06. The largest absolute Gasteiger partial charge is 0.361 e. The number of urea groups is 1. The highest BCUT2D eigenvalue weighted by Crippen LogP contribution is 2.31. The number of carbonyl (C=O) groups excluding carboxylic acids is 1. The molecule has 0 aliphatic carbocycles. The average molecular weight is 377 g/mol. The minimum Gasteiger partial charge on any atom is -0.361 e. The van der Waals surface area contributed by atoms with E-state index in [2.05, 4.69) is 20.4 Å². The van der Waals surface area contributed by atoms with Gasteiger partial charge in [-0.2, -0.15) is 0 Å². The van der Waals surface area contributed by atoms with E-state index >= 15 is 0 Å². The lowest BCUT2D eigenvalue weighted by Gasteiger charge is -2.34. The fourth-order valence-electron chi connectivity index (χ4n) is 3.59. The number of nitrogens with one attached hydrogen (secondary N) is 1. The van der Waals surface area contributed by atoms with E-state index in [1.54, 1.807) is 6.20 Å². The van der Waals surface area contributed by atoms with Crippen molar-refractivity contribution in [2.24, 2.45) is 0 Å². The lowest BCUT2D eigenvalue weighted by Crippen LogP contribution is -2.41. The zero-order chi connectivity index (χ0) is 19.5. The molecule has 1 atom stereocenters. The number of hydrogen-bond acceptors (Lipinski definition) is 5. The van der Waals surface area contributed by atoms with Gasteiger partial charge in [0.15, 0.2) is 0 Å². The van der Waals surface area contributed by atoms with Crippen LogP contribution in [0.3, 0.4) is 0 Å². The Morgan fingerprint density at radius 2 is 2.11 bits per heavy atom. The van der Waals surface area contributed by atoms with Gasteiger partial charge in [0.2, 0.25) is 0 Å². The maximum Gasteiger partial charge on any atom is 0.322 e. The number of aromatic nitrogens is 3. The summed E-state index contributed by atoms with van der Waals surface area (Å²) in [6, 6.07) is 11.3. The van der Waals surface area contributed by atoms with Crippen LogP contribution in [0.25, 0.3) is 11.3 Å². The average Bonchev–Trinajstić information content (AvgIpc) is 3.14. The molecule has 0 saturated carbocycles. The number of benzene rings is 1. The molecule has 3 heterocycles. The van der Waals surface area contributed by atoms with Crippen molar-refractivity contribution in [1.29, 1.82) is 0 Å². The van der Waals surface area contributed by atoms with Crippen molar-refractivity contribution in [3.8, 4) is 11.3 Å². The lowest BCUT2D eigenvalue weighted by molar-refractivity contribution is 0.159. The topological polar surface area (TPSA) is 84.2 Å². The van der Waals surface area contributed by atoms with Crippen LogP contribution in [0.1, 0.15) is 42.6 Å². The van der Waals surface area contributed by atoms with E-state index in [-0.39, 0.29) is 12.1 Å². The third kappa shape index (κ3) is 3.88. The summed E-state index contributed by atoms with van der Waals surface area (Å²) in [5.41, 5.74) is 3.32. The Morgan fingerprint density at radius 1 is 1.21 bits per heavy atom. The predicted octanol–water partition coefficient (Wildman–Crippen LogP) is 4.51. The van der Waals surface area contributed by atoms with Crippen molar-refractivity contribution in [2.75, 3.05) is 11.9 Å². The second-order valence-electron chi connectivity index (χ2n) is 7.07. The van der Waals surface area contributed by atoms with Gasteiger partial charge in [0.05, 0.1) is 11.7 Å². The van der Waals surface area contributed by atoms with Gasteiger partial charge in [-0.15, -0.1) is 0 Å². The molecule has 28 heavy (non-hydrogen) atoms. The summed E-state index contributed by atoms with van der Waals surface area (Å²) in [5.74, 6) is 1.47. The Bertz CT molecular complexity index is 984. The fraction of sp³-hybridized carbons (Fsp3) is 0.333. The van der Waals surface area contributed by atoms with Gasteiger partial charge in [-0.3, -0.25) is 0 Å². The van der Waals surface area contributed by atoms with E-state index in [4.69, 9.17) is 4.52 Å². The SMILES string of the molecule is Cc1nccc(-c2cccc(NC(=O)N3CCCC[C@H]3c3cc(C)on3)c2)n1. The molecule has 0 radical (unpaired) electrons. The molecule has 1 aromatic carbocycles. The maximum atomic E-state index is 13.0. The van der Waals surface area contributed by atoms with Gasteiger partial charge in [-0.05, 0) is 51.3 Å². The Morgan fingerprint density at radius 3 is 2.89 bits per heavy atom. The van der Waals surface area contributed by atoms with Crippen LogP contribution in [-0.4, -0.2) is 32.6 Å². The molecular weight excluding hydrogens is 354 g/mol. The van der Waals surface area contributed by atoms with Crippen molar-refractivity contribution >= 4 is 11.7 Å². The third-order valence-electron chi connectivity index (χ3n) is 4.94. The number of hydrogen-bond donors (Lipinski definition) is 1. The molecule has 1 saturated heterocycles. The van der Waals surface area contributed by atoms with E-state index in [1.807, 2.05) is 55.1 Å². The van der Waals surface area contributed by atoms with E-state index < -0.39 is 0 Å². The first kappa shape index (κ1) is 18.2. The summed E-state index contributed by atoms with van der Waals surface area (Å²) in [6.45, 7) is 4.43. The van der Waals surface area contributed by atoms with Gasteiger partial charge in [0.1, 0.15) is 17.3 Å². The minimum absolute atomic E-state index is 0.0566. The molecule has 7 nitrogen and oxygen atoms in total. The highest BCUT2D eigenvalue weighted by atomic mass is 16.5. The molecule has 7 heteroatoms. The van der Waals surface area contributed by atoms with Gasteiger partial charge >= 0.3 is 6.03 Å². The Labute approximate surface area is 163 Å². The van der Waals surface area contributed by atoms with Gasteiger partial charge < -0.3 is 14.7 Å². The second-order valence-corrected chi connectivity index (χ2v) is 7.07. The van der Waals surface area contributed by atoms with E-state index in [9.17, 15) is 4.79 Å². The molecule has 0 spiro atoms. The lowest BCUT2D eigenvalue weighted by atomic mass is 9.99. The summed E-state index contributed by atoms with van der Waals surface area (Å²) in [7, 11) is 0. The normalized spacial score (nSPS) is 16.8. The number of piperidine rings is 1. The van der Waals surface area contributed by atoms with Gasteiger partial charge in [0.25, 0.3) is 0 Å². The highest BCUT2D eigenvalue weighted by Gasteiger charge is 2.30. The van der Waals surface area contributed by atoms with Crippen LogP contribution in [-0.2, 0) is 0 Å². The molecule has 3 aromatic rings. The molecule has 1 N–H and O–H groups in total. The van der Waals surface area contributed by atoms with Crippen LogP contribution in [0.2, 0.25) is 0 Å². The van der Waals surface area contributed by atoms with Gasteiger partial charge in [0, 0.05) is 30.1 Å². The van der Waals surface area contributed by atoms with E-state index in [0.29, 0.717) is 12.4 Å². The Balaban J connectivity index is 1.53. The molecule has 4 rings (SSSR count). The number of aryl methyl sites for hydroxylation is 2. The first-order valence-electron chi connectivity index (χ1n) is 9.51. The molecule has 2 amide bonds. The van der Waals surface area contributed by atoms with Crippen molar-refractivity contribution in [1.82, 2.24) is 20.0 Å². The molecule has 1 fully saturated rings. The minimum atomic E-state index is -0.124. The zero-order valence-corrected chi connectivity index (χ0v) is 16.1. The summed E-state index contributed by atoms with van der Waals surface area (Å²) in [5, 5.41) is 7.16. The maximum absolute atomic E-state index is 13.0. The van der Waals surface area contributed by atoms with Crippen molar-refractivity contribution < 1.29 is 9.32 Å². The number of likely N-dealkylation sites (tertiary alicyclic amines) is 1. The smallest absolute Gasteiger partial charge is 0.322 e. The predicted molar refractivity (Wildman–Crippen MR) is 106 cm³/mol. The number of amides is 2. The van der Waals surface area contributed by atoms with Crippen LogP contribution in [0, 0.1) is 13.8 Å². The van der Waals surface area contributed by atoms with Crippen molar-refractivity contribution in [3.63, 3.8) is 0 Å². The van der Waals surface area contributed by atoms with Crippen molar-refractivity contribution in [3.05, 3.63) is 59.9 Å². The quantitative estimate of drug-likeness (QED) is 0.726. The molecular formula is C21H23N5O2. The van der Waals surface area contributed by atoms with Crippen molar-refractivity contribution in [2.45, 2.75) is 39.2 Å². The fourth-order valence-corrected chi connectivity index (χ4v) is 3.59. The summed E-state index contributed by atoms with van der Waals surface area (Å²) in [6.07, 6.45) is 4.69. The molecule has 1 aliphatic rings. The Hall–Kier alpha value is -3.22. The van der Waals surface area contributed by atoms with Gasteiger partial charge in [-0.1, -0.05) is 17.3 Å². The first-order valence-corrected chi connectivity index (χ1v) is 9.51. The second kappa shape index (κ2) is 7.80. The van der Waals surface area contributed by atoms with Crippen LogP contribution in [0.5, 0.6) is 0 Å². The molecule has 0 unspecified atom stereocenters. The van der Waals surface area contributed by atoms with E-state index in [0.717, 1.165) is 47.7 Å². The molecule has 144 valence electrons. The molecule has 0 bridgehead atoms. The first-order chi connectivity index (χ1) is 13.6. The number of rotatable bonds is 3. The third-order valence-corrected chi connectivity index (χ3v) is 4.94. The zero-order valence-electron chi connectivity index (χ0n) is 16.1. The molecule has 2 aromatic heterocycles. The standard InChI is InChI=1S/C21H23N5O2/c1-14-12-19(25-28-14)20-8-3-4-11-26(20)21(27)24-17-7-5-6-16(13-17)18-9-10-22-15(2)23-18/h5-7,9-10,12-13,20H,3-4,8,11H2,1-2H3,(H,24,27)/t20-/m0/s1. The van der Waals surface area contributed by atoms with Gasteiger partial charge in [-0.25, -0.2) is 14.8 Å². The van der Waals surface area contributed by atoms with Crippen LogP contribution in [0.15, 0.2) is 47.1 Å². The highest BCUT2D eigenvalue weighted by molar-refractivity contribution is 5.90. The number of anilines is 1. The summed E-state index contributed by atoms with van der Waals surface area (Å²) >= 11 is 0. The van der Waals surface area contributed by atoms with E-state index in [1.165, 1.54) is 0 Å². The van der Waals surface area contributed by atoms with Crippen LogP contribution in [0.4, 0.5) is 10.5 Å². The van der Waals surface area contributed by atoms with Crippen LogP contribution < -0.4 is 5.32 Å². The summed E-state index contributed by atoms with van der Waals surface area (Å²) < 4.78 is 5.22. The monoisotopic (exact) mass is 377 g/mol. The molecule has 1 aliphatic heterocycles. The number of carbonyl (C=O) groups is 1.